The van der Waals surface area contributed by atoms with Gasteiger partial charge in [-0.2, -0.15) is 0 Å². The maximum atomic E-state index is 5.65. The van der Waals surface area contributed by atoms with Crippen LogP contribution in [0.1, 0.15) is 5.76 Å². The molecule has 1 heterocycles. The van der Waals surface area contributed by atoms with Crippen LogP contribution in [0, 0.1) is 0 Å². The molecule has 0 N–H and O–H groups in total. The molecular weight excluding hydrogens is 188 g/mol. The molecule has 0 aliphatic rings. The van der Waals surface area contributed by atoms with E-state index in [0.29, 0.717) is 5.88 Å². The third-order valence-electron chi connectivity index (χ3n) is 1.91. The molecule has 2 rings (SSSR count). The summed E-state index contributed by atoms with van der Waals surface area (Å²) in [5.41, 5.74) is 0.815. The lowest BCUT2D eigenvalue weighted by molar-refractivity contribution is 0.414. The fourth-order valence-corrected chi connectivity index (χ4v) is 1.39. The number of rotatable bonds is 2. The van der Waals surface area contributed by atoms with Gasteiger partial charge in [0.1, 0.15) is 17.1 Å². The minimum Gasteiger partial charge on any atom is -0.497 e. The fraction of sp³-hybridized carbons (Fsp3) is 0.200. The van der Waals surface area contributed by atoms with E-state index in [1.165, 1.54) is 0 Å². The van der Waals surface area contributed by atoms with E-state index in [1.54, 1.807) is 7.11 Å². The van der Waals surface area contributed by atoms with E-state index in [4.69, 9.17) is 20.8 Å². The zero-order valence-corrected chi connectivity index (χ0v) is 7.97. The monoisotopic (exact) mass is 196 g/mol. The Hall–Kier alpha value is -1.15. The molecule has 0 bridgehead atoms. The van der Waals surface area contributed by atoms with Crippen molar-refractivity contribution in [1.82, 2.24) is 0 Å². The number of hydrogen-bond acceptors (Lipinski definition) is 2. The lowest BCUT2D eigenvalue weighted by Gasteiger charge is -1.96. The lowest BCUT2D eigenvalue weighted by atomic mass is 10.2. The van der Waals surface area contributed by atoms with Crippen LogP contribution in [-0.4, -0.2) is 7.11 Å². The standard InChI is InChI=1S/C10H9ClO2/c1-12-8-3-2-7-4-9(6-11)13-10(7)5-8/h2-5H,6H2,1H3. The fourth-order valence-electron chi connectivity index (χ4n) is 1.26. The van der Waals surface area contributed by atoms with E-state index in [0.717, 1.165) is 22.5 Å². The van der Waals surface area contributed by atoms with E-state index in [-0.39, 0.29) is 0 Å². The van der Waals surface area contributed by atoms with Gasteiger partial charge in [0.15, 0.2) is 0 Å². The second-order valence-corrected chi connectivity index (χ2v) is 3.02. The predicted octanol–water partition coefficient (Wildman–Crippen LogP) is 3.18. The number of benzene rings is 1. The van der Waals surface area contributed by atoms with Crippen molar-refractivity contribution >= 4 is 22.6 Å². The molecule has 3 heteroatoms. The molecule has 0 unspecified atom stereocenters. The first kappa shape index (κ1) is 8.45. The smallest absolute Gasteiger partial charge is 0.138 e. The Morgan fingerprint density at radius 3 is 2.92 bits per heavy atom. The summed E-state index contributed by atoms with van der Waals surface area (Å²) in [6.07, 6.45) is 0. The summed E-state index contributed by atoms with van der Waals surface area (Å²) < 4.78 is 10.5. The van der Waals surface area contributed by atoms with Crippen LogP contribution in [0.15, 0.2) is 28.7 Å². The Balaban J connectivity index is 2.57. The third kappa shape index (κ3) is 1.49. The number of hydrogen-bond donors (Lipinski definition) is 0. The topological polar surface area (TPSA) is 22.4 Å². The second kappa shape index (κ2) is 3.30. The lowest BCUT2D eigenvalue weighted by Crippen LogP contribution is -1.79. The highest BCUT2D eigenvalue weighted by molar-refractivity contribution is 6.17. The summed E-state index contributed by atoms with van der Waals surface area (Å²) in [5, 5.41) is 1.05. The Kier molecular flexibility index (Phi) is 2.15. The first-order valence-electron chi connectivity index (χ1n) is 3.96. The Morgan fingerprint density at radius 1 is 1.38 bits per heavy atom. The summed E-state index contributed by atoms with van der Waals surface area (Å²) in [6.45, 7) is 0. The quantitative estimate of drug-likeness (QED) is 0.689. The number of furan rings is 1. The van der Waals surface area contributed by atoms with Gasteiger partial charge in [0.2, 0.25) is 0 Å². The van der Waals surface area contributed by atoms with Crippen LogP contribution < -0.4 is 4.74 Å². The Bertz CT molecular complexity index is 418. The van der Waals surface area contributed by atoms with Crippen LogP contribution in [0.4, 0.5) is 0 Å². The normalized spacial score (nSPS) is 10.6. The van der Waals surface area contributed by atoms with E-state index in [1.807, 2.05) is 24.3 Å². The molecule has 0 amide bonds. The van der Waals surface area contributed by atoms with Crippen molar-refractivity contribution in [3.05, 3.63) is 30.0 Å². The largest absolute Gasteiger partial charge is 0.497 e. The Labute approximate surface area is 81.1 Å². The van der Waals surface area contributed by atoms with Crippen molar-refractivity contribution in [3.8, 4) is 5.75 Å². The van der Waals surface area contributed by atoms with Gasteiger partial charge in [-0.3, -0.25) is 0 Å². The van der Waals surface area contributed by atoms with Gasteiger partial charge in [-0.25, -0.2) is 0 Å². The van der Waals surface area contributed by atoms with Gasteiger partial charge in [0, 0.05) is 11.5 Å². The van der Waals surface area contributed by atoms with Crippen molar-refractivity contribution in [2.45, 2.75) is 5.88 Å². The van der Waals surface area contributed by atoms with Crippen molar-refractivity contribution in [3.63, 3.8) is 0 Å². The summed E-state index contributed by atoms with van der Waals surface area (Å²) in [5.74, 6) is 1.98. The third-order valence-corrected chi connectivity index (χ3v) is 2.17. The molecule has 0 atom stereocenters. The van der Waals surface area contributed by atoms with Gasteiger partial charge in [-0.05, 0) is 18.2 Å². The van der Waals surface area contributed by atoms with Gasteiger partial charge in [0.25, 0.3) is 0 Å². The molecule has 68 valence electrons. The first-order valence-corrected chi connectivity index (χ1v) is 4.49. The molecule has 1 aromatic carbocycles. The molecule has 0 aliphatic carbocycles. The first-order chi connectivity index (χ1) is 6.33. The van der Waals surface area contributed by atoms with Gasteiger partial charge < -0.3 is 9.15 Å². The molecule has 0 aliphatic heterocycles. The average molecular weight is 197 g/mol. The SMILES string of the molecule is COc1ccc2cc(CCl)oc2c1. The highest BCUT2D eigenvalue weighted by Gasteiger charge is 2.03. The number of ether oxygens (including phenoxy) is 1. The van der Waals surface area contributed by atoms with Gasteiger partial charge >= 0.3 is 0 Å². The summed E-state index contributed by atoms with van der Waals surface area (Å²) >= 11 is 5.65. The molecule has 0 saturated carbocycles. The molecule has 1 aromatic heterocycles. The van der Waals surface area contributed by atoms with Crippen molar-refractivity contribution in [2.75, 3.05) is 7.11 Å². The minimum absolute atomic E-state index is 0.400. The van der Waals surface area contributed by atoms with Crippen LogP contribution >= 0.6 is 11.6 Å². The number of alkyl halides is 1. The average Bonchev–Trinajstić information content (AvgIpc) is 2.58. The zero-order chi connectivity index (χ0) is 9.26. The van der Waals surface area contributed by atoms with Gasteiger partial charge in [0.05, 0.1) is 13.0 Å². The summed E-state index contributed by atoms with van der Waals surface area (Å²) in [4.78, 5) is 0. The van der Waals surface area contributed by atoms with Crippen LogP contribution in [0.25, 0.3) is 11.0 Å². The highest BCUT2D eigenvalue weighted by Crippen LogP contribution is 2.24. The predicted molar refractivity (Wildman–Crippen MR) is 52.3 cm³/mol. The molecule has 0 fully saturated rings. The van der Waals surface area contributed by atoms with E-state index < -0.39 is 0 Å². The molecule has 2 aromatic rings. The van der Waals surface area contributed by atoms with Gasteiger partial charge in [-0.15, -0.1) is 11.6 Å². The molecule has 2 nitrogen and oxygen atoms in total. The van der Waals surface area contributed by atoms with E-state index >= 15 is 0 Å². The molecule has 0 radical (unpaired) electrons. The maximum absolute atomic E-state index is 5.65. The summed E-state index contributed by atoms with van der Waals surface area (Å²) in [7, 11) is 1.63. The van der Waals surface area contributed by atoms with Crippen LogP contribution in [0.5, 0.6) is 5.75 Å². The van der Waals surface area contributed by atoms with E-state index in [9.17, 15) is 0 Å². The van der Waals surface area contributed by atoms with Crippen molar-refractivity contribution in [1.29, 1.82) is 0 Å². The van der Waals surface area contributed by atoms with Crippen LogP contribution in [0.3, 0.4) is 0 Å². The zero-order valence-electron chi connectivity index (χ0n) is 7.21. The van der Waals surface area contributed by atoms with E-state index in [2.05, 4.69) is 0 Å². The van der Waals surface area contributed by atoms with Crippen molar-refractivity contribution < 1.29 is 9.15 Å². The highest BCUT2D eigenvalue weighted by atomic mass is 35.5. The molecule has 0 saturated heterocycles. The molecule has 0 spiro atoms. The second-order valence-electron chi connectivity index (χ2n) is 2.75. The van der Waals surface area contributed by atoms with Crippen LogP contribution in [-0.2, 0) is 5.88 Å². The number of fused-ring (bicyclic) bond motifs is 1. The molecule has 13 heavy (non-hydrogen) atoms. The Morgan fingerprint density at radius 2 is 2.23 bits per heavy atom. The van der Waals surface area contributed by atoms with Crippen LogP contribution in [0.2, 0.25) is 0 Å². The van der Waals surface area contributed by atoms with Gasteiger partial charge in [-0.1, -0.05) is 0 Å². The summed E-state index contributed by atoms with van der Waals surface area (Å²) in [6, 6.07) is 7.64. The minimum atomic E-state index is 0.400. The number of halogens is 1. The number of methoxy groups -OCH3 is 1. The van der Waals surface area contributed by atoms with Crippen molar-refractivity contribution in [2.24, 2.45) is 0 Å². The maximum Gasteiger partial charge on any atom is 0.138 e. The molecular formula is C10H9ClO2.